The number of amidine groups is 1. The minimum absolute atomic E-state index is 0.902. The first-order valence-corrected chi connectivity index (χ1v) is 6.37. The van der Waals surface area contributed by atoms with Crippen molar-refractivity contribution in [1.29, 1.82) is 0 Å². The molecule has 0 N–H and O–H groups in total. The van der Waals surface area contributed by atoms with Crippen LogP contribution in [0.15, 0.2) is 23.2 Å². The summed E-state index contributed by atoms with van der Waals surface area (Å²) in [6.07, 6.45) is 4.98. The van der Waals surface area contributed by atoms with Gasteiger partial charge in [0.15, 0.2) is 0 Å². The SMILES string of the molecule is COc1cccc2c1N=C1CCCCCN1C2. The third-order valence-electron chi connectivity index (χ3n) is 3.60. The van der Waals surface area contributed by atoms with E-state index in [1.807, 2.05) is 6.07 Å². The van der Waals surface area contributed by atoms with Crippen LogP contribution < -0.4 is 4.74 Å². The van der Waals surface area contributed by atoms with Gasteiger partial charge in [-0.15, -0.1) is 0 Å². The lowest BCUT2D eigenvalue weighted by atomic mass is 10.1. The van der Waals surface area contributed by atoms with Gasteiger partial charge in [0.1, 0.15) is 17.3 Å². The van der Waals surface area contributed by atoms with Crippen LogP contribution in [0.1, 0.15) is 31.2 Å². The average molecular weight is 230 g/mol. The Balaban J connectivity index is 2.03. The van der Waals surface area contributed by atoms with Crippen LogP contribution in [0.5, 0.6) is 5.75 Å². The van der Waals surface area contributed by atoms with Crippen molar-refractivity contribution < 1.29 is 4.74 Å². The summed E-state index contributed by atoms with van der Waals surface area (Å²) in [4.78, 5) is 7.24. The van der Waals surface area contributed by atoms with Crippen molar-refractivity contribution in [3.05, 3.63) is 23.8 Å². The summed E-state index contributed by atoms with van der Waals surface area (Å²) < 4.78 is 5.40. The van der Waals surface area contributed by atoms with Gasteiger partial charge >= 0.3 is 0 Å². The first kappa shape index (κ1) is 10.6. The Labute approximate surface area is 102 Å². The second-order valence-corrected chi connectivity index (χ2v) is 4.73. The number of nitrogens with zero attached hydrogens (tertiary/aromatic N) is 2. The van der Waals surface area contributed by atoms with Crippen LogP contribution in [0.25, 0.3) is 0 Å². The van der Waals surface area contributed by atoms with E-state index < -0.39 is 0 Å². The standard InChI is InChI=1S/C14H18N2O/c1-17-12-7-5-6-11-10-16-9-4-2-3-8-13(16)15-14(11)12/h5-7H,2-4,8-10H2,1H3. The van der Waals surface area contributed by atoms with Crippen LogP contribution in [0.2, 0.25) is 0 Å². The lowest BCUT2D eigenvalue weighted by molar-refractivity contribution is 0.393. The largest absolute Gasteiger partial charge is 0.494 e. The third-order valence-corrected chi connectivity index (χ3v) is 3.60. The zero-order chi connectivity index (χ0) is 11.7. The Morgan fingerprint density at radius 1 is 1.24 bits per heavy atom. The van der Waals surface area contributed by atoms with E-state index in [1.165, 1.54) is 30.7 Å². The van der Waals surface area contributed by atoms with Gasteiger partial charge in [0.2, 0.25) is 0 Å². The molecular weight excluding hydrogens is 212 g/mol. The number of benzene rings is 1. The van der Waals surface area contributed by atoms with Crippen LogP contribution in [0.4, 0.5) is 5.69 Å². The number of rotatable bonds is 1. The first-order chi connectivity index (χ1) is 8.38. The summed E-state index contributed by atoms with van der Waals surface area (Å²) in [5.41, 5.74) is 2.33. The molecule has 1 aromatic carbocycles. The number of methoxy groups -OCH3 is 1. The molecule has 0 saturated carbocycles. The van der Waals surface area contributed by atoms with Gasteiger partial charge in [-0.1, -0.05) is 18.6 Å². The maximum atomic E-state index is 5.40. The van der Waals surface area contributed by atoms with Crippen LogP contribution in [0.3, 0.4) is 0 Å². The Morgan fingerprint density at radius 3 is 3.06 bits per heavy atom. The van der Waals surface area contributed by atoms with Gasteiger partial charge in [-0.05, 0) is 18.9 Å². The summed E-state index contributed by atoms with van der Waals surface area (Å²) in [5.74, 6) is 2.15. The van der Waals surface area contributed by atoms with Crippen molar-refractivity contribution in [2.24, 2.45) is 4.99 Å². The molecule has 3 nitrogen and oxygen atoms in total. The molecule has 2 heterocycles. The lowest BCUT2D eigenvalue weighted by Crippen LogP contribution is -2.32. The van der Waals surface area contributed by atoms with Gasteiger partial charge in [-0.25, -0.2) is 4.99 Å². The maximum absolute atomic E-state index is 5.40. The third kappa shape index (κ3) is 1.90. The molecule has 0 atom stereocenters. The number of hydrogen-bond donors (Lipinski definition) is 0. The van der Waals surface area contributed by atoms with Crippen molar-refractivity contribution in [3.8, 4) is 5.75 Å². The Bertz CT molecular complexity index is 454. The number of ether oxygens (including phenoxy) is 1. The smallest absolute Gasteiger partial charge is 0.144 e. The van der Waals surface area contributed by atoms with E-state index >= 15 is 0 Å². The first-order valence-electron chi connectivity index (χ1n) is 6.37. The van der Waals surface area contributed by atoms with Crippen LogP contribution in [0, 0.1) is 0 Å². The van der Waals surface area contributed by atoms with Gasteiger partial charge < -0.3 is 9.64 Å². The molecule has 1 saturated heterocycles. The van der Waals surface area contributed by atoms with E-state index in [1.54, 1.807) is 7.11 Å². The molecule has 0 spiro atoms. The van der Waals surface area contributed by atoms with E-state index in [9.17, 15) is 0 Å². The van der Waals surface area contributed by atoms with Crippen molar-refractivity contribution in [2.75, 3.05) is 13.7 Å². The highest BCUT2D eigenvalue weighted by molar-refractivity contribution is 5.88. The molecule has 0 aliphatic carbocycles. The van der Waals surface area contributed by atoms with Crippen molar-refractivity contribution in [2.45, 2.75) is 32.2 Å². The number of fused-ring (bicyclic) bond motifs is 2. The monoisotopic (exact) mass is 230 g/mol. The second kappa shape index (κ2) is 4.40. The fraction of sp³-hybridized carbons (Fsp3) is 0.500. The van der Waals surface area contributed by atoms with E-state index in [0.29, 0.717) is 0 Å². The fourth-order valence-electron chi connectivity index (χ4n) is 2.67. The molecule has 0 aromatic heterocycles. The fourth-order valence-corrected chi connectivity index (χ4v) is 2.67. The van der Waals surface area contributed by atoms with Gasteiger partial charge in [0.05, 0.1) is 7.11 Å². The summed E-state index contributed by atoms with van der Waals surface area (Å²) in [5, 5.41) is 0. The van der Waals surface area contributed by atoms with E-state index in [0.717, 1.165) is 30.9 Å². The highest BCUT2D eigenvalue weighted by Gasteiger charge is 2.22. The van der Waals surface area contributed by atoms with Gasteiger partial charge in [-0.3, -0.25) is 0 Å². The van der Waals surface area contributed by atoms with Crippen molar-refractivity contribution in [3.63, 3.8) is 0 Å². The minimum Gasteiger partial charge on any atom is -0.494 e. The maximum Gasteiger partial charge on any atom is 0.144 e. The molecule has 3 rings (SSSR count). The summed E-state index contributed by atoms with van der Waals surface area (Å²) in [6, 6.07) is 6.20. The summed E-state index contributed by atoms with van der Waals surface area (Å²) in [7, 11) is 1.72. The molecule has 90 valence electrons. The molecule has 1 fully saturated rings. The number of aliphatic imine (C=N–C) groups is 1. The molecule has 3 heteroatoms. The second-order valence-electron chi connectivity index (χ2n) is 4.73. The Kier molecular flexibility index (Phi) is 2.75. The molecule has 2 aliphatic rings. The predicted octanol–water partition coefficient (Wildman–Crippen LogP) is 3.11. The molecule has 0 radical (unpaired) electrons. The van der Waals surface area contributed by atoms with Gasteiger partial charge in [-0.2, -0.15) is 0 Å². The van der Waals surface area contributed by atoms with Crippen LogP contribution in [-0.4, -0.2) is 24.4 Å². The minimum atomic E-state index is 0.902. The van der Waals surface area contributed by atoms with Gasteiger partial charge in [0, 0.05) is 25.1 Å². The van der Waals surface area contributed by atoms with Crippen LogP contribution >= 0.6 is 0 Å². The zero-order valence-electron chi connectivity index (χ0n) is 10.3. The molecular formula is C14H18N2O. The molecule has 2 aliphatic heterocycles. The normalized spacial score (nSPS) is 18.9. The molecule has 0 unspecified atom stereocenters. The molecule has 17 heavy (non-hydrogen) atoms. The Morgan fingerprint density at radius 2 is 2.18 bits per heavy atom. The predicted molar refractivity (Wildman–Crippen MR) is 69.0 cm³/mol. The topological polar surface area (TPSA) is 24.8 Å². The number of para-hydroxylation sites is 1. The highest BCUT2D eigenvalue weighted by Crippen LogP contribution is 2.36. The van der Waals surface area contributed by atoms with E-state index in [-0.39, 0.29) is 0 Å². The van der Waals surface area contributed by atoms with E-state index in [2.05, 4.69) is 17.0 Å². The quantitative estimate of drug-likeness (QED) is 0.740. The summed E-state index contributed by atoms with van der Waals surface area (Å²) >= 11 is 0. The molecule has 1 aromatic rings. The Hall–Kier alpha value is -1.51. The average Bonchev–Trinajstić information content (AvgIpc) is 2.60. The number of hydrogen-bond acceptors (Lipinski definition) is 3. The van der Waals surface area contributed by atoms with Crippen molar-refractivity contribution >= 4 is 11.5 Å². The van der Waals surface area contributed by atoms with Crippen molar-refractivity contribution in [1.82, 2.24) is 4.90 Å². The van der Waals surface area contributed by atoms with Gasteiger partial charge in [0.25, 0.3) is 0 Å². The summed E-state index contributed by atoms with van der Waals surface area (Å²) in [6.45, 7) is 2.14. The molecule has 0 amide bonds. The lowest BCUT2D eigenvalue weighted by Gasteiger charge is -2.29. The highest BCUT2D eigenvalue weighted by atomic mass is 16.5. The zero-order valence-corrected chi connectivity index (χ0v) is 10.3. The van der Waals surface area contributed by atoms with E-state index in [4.69, 9.17) is 9.73 Å². The molecule has 0 bridgehead atoms. The van der Waals surface area contributed by atoms with Crippen LogP contribution in [-0.2, 0) is 6.54 Å².